The van der Waals surface area contributed by atoms with E-state index in [1.165, 1.54) is 5.56 Å². The summed E-state index contributed by atoms with van der Waals surface area (Å²) in [6.45, 7) is 9.72. The third-order valence-corrected chi connectivity index (χ3v) is 5.84. The number of carbonyl (C=O) groups is 2. The van der Waals surface area contributed by atoms with Crippen molar-refractivity contribution in [2.75, 3.05) is 6.61 Å². The number of ether oxygens (including phenoxy) is 1. The maximum Gasteiger partial charge on any atom is 0.261 e. The molecule has 7 heteroatoms. The number of benzene rings is 2. The summed E-state index contributed by atoms with van der Waals surface area (Å²) in [5, 5.41) is 2.96. The van der Waals surface area contributed by atoms with Gasteiger partial charge in [0.2, 0.25) is 5.91 Å². The molecule has 0 saturated carbocycles. The Kier molecular flexibility index (Phi) is 9.13. The molecule has 2 rings (SSSR count). The predicted octanol–water partition coefficient (Wildman–Crippen LogP) is 5.48. The summed E-state index contributed by atoms with van der Waals surface area (Å²) >= 11 is 6.93. The van der Waals surface area contributed by atoms with Crippen LogP contribution in [0.25, 0.3) is 0 Å². The molecule has 2 aromatic rings. The number of rotatable bonds is 8. The highest BCUT2D eigenvalue weighted by molar-refractivity contribution is 9.10. The molecule has 1 N–H and O–H groups in total. The van der Waals surface area contributed by atoms with E-state index in [1.54, 1.807) is 11.8 Å². The minimum absolute atomic E-state index is 0.159. The lowest BCUT2D eigenvalue weighted by Gasteiger charge is -2.31. The van der Waals surface area contributed by atoms with Crippen LogP contribution in [0, 0.1) is 0 Å². The zero-order valence-corrected chi connectivity index (χ0v) is 21.8. The molecular weight excluding hydrogens is 524 g/mol. The Balaban J connectivity index is 2.18. The van der Waals surface area contributed by atoms with Gasteiger partial charge in [0.05, 0.1) is 4.47 Å². The van der Waals surface area contributed by atoms with Crippen LogP contribution in [0.3, 0.4) is 0 Å². The van der Waals surface area contributed by atoms with Gasteiger partial charge in [-0.05, 0) is 85.4 Å². The molecule has 2 amide bonds. The molecule has 0 radical (unpaired) electrons. The first-order chi connectivity index (χ1) is 14.5. The smallest absolute Gasteiger partial charge is 0.261 e. The Morgan fingerprint density at radius 1 is 1.06 bits per heavy atom. The highest BCUT2D eigenvalue weighted by atomic mass is 79.9. The molecule has 0 aliphatic rings. The summed E-state index contributed by atoms with van der Waals surface area (Å²) in [5.74, 6) is 0.137. The second kappa shape index (κ2) is 11.1. The number of halogens is 2. The number of nitrogens with one attached hydrogen (secondary N) is 1. The van der Waals surface area contributed by atoms with Crippen molar-refractivity contribution in [3.05, 3.63) is 62.5 Å². The SMILES string of the molecule is CCc1ccc(OCC(=O)N(Cc2ccc(Br)cc2)[C@@H](C)C(=O)NC(C)(C)C)c(Br)c1. The Labute approximate surface area is 201 Å². The van der Waals surface area contributed by atoms with Gasteiger partial charge in [-0.3, -0.25) is 9.59 Å². The monoisotopic (exact) mass is 552 g/mol. The van der Waals surface area contributed by atoms with Crippen LogP contribution < -0.4 is 10.1 Å². The number of amides is 2. The molecule has 0 bridgehead atoms. The third-order valence-electron chi connectivity index (χ3n) is 4.69. The van der Waals surface area contributed by atoms with Gasteiger partial charge in [-0.2, -0.15) is 0 Å². The van der Waals surface area contributed by atoms with Crippen molar-refractivity contribution in [2.45, 2.75) is 59.2 Å². The fourth-order valence-corrected chi connectivity index (χ4v) is 3.75. The maximum absolute atomic E-state index is 13.1. The molecule has 168 valence electrons. The van der Waals surface area contributed by atoms with E-state index in [2.05, 4.69) is 44.1 Å². The number of hydrogen-bond acceptors (Lipinski definition) is 3. The quantitative estimate of drug-likeness (QED) is 0.470. The Bertz CT molecular complexity index is 908. The van der Waals surface area contributed by atoms with Gasteiger partial charge in [0.25, 0.3) is 5.91 Å². The van der Waals surface area contributed by atoms with Crippen molar-refractivity contribution >= 4 is 43.7 Å². The lowest BCUT2D eigenvalue weighted by molar-refractivity contribution is -0.142. The second-order valence-corrected chi connectivity index (χ2v) is 10.2. The summed E-state index contributed by atoms with van der Waals surface area (Å²) < 4.78 is 7.55. The zero-order valence-electron chi connectivity index (χ0n) is 18.7. The van der Waals surface area contributed by atoms with E-state index in [0.717, 1.165) is 20.9 Å². The van der Waals surface area contributed by atoms with Crippen LogP contribution in [0.5, 0.6) is 5.75 Å². The molecule has 5 nitrogen and oxygen atoms in total. The van der Waals surface area contributed by atoms with Crippen LogP contribution in [0.2, 0.25) is 0 Å². The van der Waals surface area contributed by atoms with Crippen molar-refractivity contribution in [1.29, 1.82) is 0 Å². The van der Waals surface area contributed by atoms with Gasteiger partial charge < -0.3 is 15.0 Å². The van der Waals surface area contributed by atoms with Gasteiger partial charge >= 0.3 is 0 Å². The normalized spacial score (nSPS) is 12.2. The van der Waals surface area contributed by atoms with Crippen LogP contribution in [0.1, 0.15) is 45.7 Å². The van der Waals surface area contributed by atoms with Gasteiger partial charge in [0.1, 0.15) is 11.8 Å². The van der Waals surface area contributed by atoms with Crippen LogP contribution in [0.4, 0.5) is 0 Å². The van der Waals surface area contributed by atoms with Gasteiger partial charge in [-0.25, -0.2) is 0 Å². The predicted molar refractivity (Wildman–Crippen MR) is 131 cm³/mol. The van der Waals surface area contributed by atoms with E-state index in [4.69, 9.17) is 4.74 Å². The van der Waals surface area contributed by atoms with Gasteiger partial charge in [0, 0.05) is 16.6 Å². The van der Waals surface area contributed by atoms with E-state index in [1.807, 2.05) is 63.2 Å². The topological polar surface area (TPSA) is 58.6 Å². The Hall–Kier alpha value is -1.86. The average Bonchev–Trinajstić information content (AvgIpc) is 2.70. The molecule has 0 fully saturated rings. The van der Waals surface area contributed by atoms with Crippen molar-refractivity contribution in [1.82, 2.24) is 10.2 Å². The van der Waals surface area contributed by atoms with E-state index < -0.39 is 6.04 Å². The summed E-state index contributed by atoms with van der Waals surface area (Å²) in [6, 6.07) is 12.9. The number of hydrogen-bond donors (Lipinski definition) is 1. The highest BCUT2D eigenvalue weighted by Gasteiger charge is 2.28. The Morgan fingerprint density at radius 2 is 1.68 bits per heavy atom. The van der Waals surface area contributed by atoms with E-state index in [-0.39, 0.29) is 24.0 Å². The fraction of sp³-hybridized carbons (Fsp3) is 0.417. The van der Waals surface area contributed by atoms with E-state index >= 15 is 0 Å². The molecule has 2 aromatic carbocycles. The third kappa shape index (κ3) is 7.96. The number of aryl methyl sites for hydroxylation is 1. The first kappa shape index (κ1) is 25.4. The van der Waals surface area contributed by atoms with Gasteiger partial charge in [-0.15, -0.1) is 0 Å². The molecule has 0 spiro atoms. The minimum Gasteiger partial charge on any atom is -0.483 e. The van der Waals surface area contributed by atoms with Crippen molar-refractivity contribution < 1.29 is 14.3 Å². The van der Waals surface area contributed by atoms with E-state index in [9.17, 15) is 9.59 Å². The summed E-state index contributed by atoms with van der Waals surface area (Å²) in [6.07, 6.45) is 0.916. The number of nitrogens with zero attached hydrogens (tertiary/aromatic N) is 1. The summed E-state index contributed by atoms with van der Waals surface area (Å²) in [7, 11) is 0. The van der Waals surface area contributed by atoms with Gasteiger partial charge in [0.15, 0.2) is 6.61 Å². The Morgan fingerprint density at radius 3 is 2.23 bits per heavy atom. The molecular formula is C24H30Br2N2O3. The minimum atomic E-state index is -0.648. The molecule has 0 aliphatic heterocycles. The van der Waals surface area contributed by atoms with Crippen molar-refractivity contribution in [2.24, 2.45) is 0 Å². The lowest BCUT2D eigenvalue weighted by Crippen LogP contribution is -2.53. The molecule has 0 heterocycles. The van der Waals surface area contributed by atoms with E-state index in [0.29, 0.717) is 12.3 Å². The molecule has 0 unspecified atom stereocenters. The summed E-state index contributed by atoms with van der Waals surface area (Å²) in [5.41, 5.74) is 1.72. The lowest BCUT2D eigenvalue weighted by atomic mass is 10.1. The van der Waals surface area contributed by atoms with Crippen LogP contribution in [0.15, 0.2) is 51.4 Å². The van der Waals surface area contributed by atoms with Crippen molar-refractivity contribution in [3.63, 3.8) is 0 Å². The van der Waals surface area contributed by atoms with Gasteiger partial charge in [-0.1, -0.05) is 41.1 Å². The number of carbonyl (C=O) groups excluding carboxylic acids is 2. The average molecular weight is 554 g/mol. The molecule has 31 heavy (non-hydrogen) atoms. The van der Waals surface area contributed by atoms with Crippen LogP contribution >= 0.6 is 31.9 Å². The molecule has 0 aromatic heterocycles. The van der Waals surface area contributed by atoms with Crippen LogP contribution in [-0.4, -0.2) is 34.9 Å². The highest BCUT2D eigenvalue weighted by Crippen LogP contribution is 2.26. The standard InChI is InChI=1S/C24H30Br2N2O3/c1-6-17-9-12-21(20(26)13-17)31-15-22(29)28(14-18-7-10-19(25)11-8-18)16(2)23(30)27-24(3,4)5/h7-13,16H,6,14-15H2,1-5H3,(H,27,30)/t16-/m0/s1. The molecule has 0 saturated heterocycles. The first-order valence-corrected chi connectivity index (χ1v) is 11.9. The zero-order chi connectivity index (χ0) is 23.2. The molecule has 0 aliphatic carbocycles. The summed E-state index contributed by atoms with van der Waals surface area (Å²) in [4.78, 5) is 27.5. The fourth-order valence-electron chi connectivity index (χ4n) is 2.95. The van der Waals surface area contributed by atoms with Crippen LogP contribution in [-0.2, 0) is 22.6 Å². The second-order valence-electron chi connectivity index (χ2n) is 8.47. The molecule has 1 atom stereocenters. The maximum atomic E-state index is 13.1. The van der Waals surface area contributed by atoms with Crippen molar-refractivity contribution in [3.8, 4) is 5.75 Å². The largest absolute Gasteiger partial charge is 0.483 e. The first-order valence-electron chi connectivity index (χ1n) is 10.3.